The summed E-state index contributed by atoms with van der Waals surface area (Å²) in [5, 5.41) is 1.70. The molecule has 2 aromatic carbocycles. The molecule has 0 aliphatic heterocycles. The predicted octanol–water partition coefficient (Wildman–Crippen LogP) is 9.76. The Kier molecular flexibility index (Phi) is 16.3. The summed E-state index contributed by atoms with van der Waals surface area (Å²) in [6, 6.07) is 24.6. The average molecular weight is 759 g/mol. The fraction of sp³-hybridized carbons (Fsp3) is 0.707. The molecule has 0 aliphatic carbocycles. The first-order valence-electron chi connectivity index (χ1n) is 19.9. The Morgan fingerprint density at radius 3 is 1.40 bits per heavy atom. The van der Waals surface area contributed by atoms with Crippen molar-refractivity contribution in [2.75, 3.05) is 13.1 Å². The Hall–Kier alpha value is -0.892. The van der Waals surface area contributed by atoms with Gasteiger partial charge < -0.3 is 24.7 Å². The van der Waals surface area contributed by atoms with Gasteiger partial charge in [-0.05, 0) is 114 Å². The van der Waals surface area contributed by atoms with Crippen LogP contribution in [0, 0.1) is 0 Å². The van der Waals surface area contributed by atoms with E-state index >= 15 is 0 Å². The zero-order valence-electron chi connectivity index (χ0n) is 34.9. The van der Waals surface area contributed by atoms with Crippen LogP contribution in [0.1, 0.15) is 100 Å². The summed E-state index contributed by atoms with van der Waals surface area (Å²) in [6.07, 6.45) is 6.63. The zero-order valence-corrected chi connectivity index (χ0v) is 38.9. The minimum absolute atomic E-state index is 0.158. The van der Waals surface area contributed by atoms with Gasteiger partial charge in [-0.15, -0.1) is 0 Å². The summed E-state index contributed by atoms with van der Waals surface area (Å²) in [5.74, 6) is 0. The molecule has 0 aromatic heterocycles. The van der Waals surface area contributed by atoms with E-state index < -0.39 is 43.9 Å². The predicted molar refractivity (Wildman–Crippen MR) is 230 cm³/mol. The molecule has 4 N–H and O–H groups in total. The van der Waals surface area contributed by atoms with Gasteiger partial charge in [0.1, 0.15) is 0 Å². The minimum atomic E-state index is -3.22. The van der Waals surface area contributed by atoms with E-state index in [9.17, 15) is 0 Å². The molecule has 3 unspecified atom stereocenters. The molecule has 0 heterocycles. The second-order valence-electron chi connectivity index (χ2n) is 17.2. The van der Waals surface area contributed by atoms with Gasteiger partial charge in [0, 0.05) is 10.3 Å². The van der Waals surface area contributed by atoms with E-state index in [1.807, 2.05) is 0 Å². The van der Waals surface area contributed by atoms with Crippen molar-refractivity contribution in [3.05, 3.63) is 60.7 Å². The van der Waals surface area contributed by atoms with Crippen molar-refractivity contribution in [1.29, 1.82) is 0 Å². The second-order valence-corrected chi connectivity index (χ2v) is 34.7. The number of nitrogens with two attached hydrogens (primary N) is 2. The molecule has 9 heteroatoms. The lowest BCUT2D eigenvalue weighted by molar-refractivity contribution is -0.0113. The van der Waals surface area contributed by atoms with Crippen LogP contribution in [0.15, 0.2) is 60.7 Å². The van der Waals surface area contributed by atoms with Gasteiger partial charge in [-0.1, -0.05) is 121 Å². The van der Waals surface area contributed by atoms with Crippen molar-refractivity contribution in [3.8, 4) is 0 Å². The van der Waals surface area contributed by atoms with Crippen molar-refractivity contribution in [2.24, 2.45) is 11.5 Å². The van der Waals surface area contributed by atoms with Gasteiger partial charge >= 0.3 is 0 Å². The summed E-state index contributed by atoms with van der Waals surface area (Å²) < 4.78 is 24.0. The number of benzene rings is 2. The van der Waals surface area contributed by atoms with Gasteiger partial charge in [-0.3, -0.25) is 0 Å². The number of rotatable bonds is 23. The summed E-state index contributed by atoms with van der Waals surface area (Å²) >= 11 is 0. The van der Waals surface area contributed by atoms with Crippen LogP contribution in [0.3, 0.4) is 0 Å². The van der Waals surface area contributed by atoms with Gasteiger partial charge in [0.2, 0.25) is 0 Å². The Balaban J connectivity index is 3.03. The molecule has 0 spiro atoms. The highest BCUT2D eigenvalue weighted by Crippen LogP contribution is 2.57. The Morgan fingerprint density at radius 1 is 0.560 bits per heavy atom. The molecule has 50 heavy (non-hydrogen) atoms. The van der Waals surface area contributed by atoms with Crippen LogP contribution in [0.25, 0.3) is 0 Å². The second kappa shape index (κ2) is 18.0. The summed E-state index contributed by atoms with van der Waals surface area (Å²) in [6.45, 7) is 35.2. The first kappa shape index (κ1) is 45.3. The topological polar surface area (TPSA) is 79.7 Å². The third-order valence-corrected chi connectivity index (χ3v) is 30.9. The smallest absolute Gasteiger partial charge is 0.286 e. The maximum atomic E-state index is 8.45. The quantitative estimate of drug-likeness (QED) is 0.110. The van der Waals surface area contributed by atoms with Crippen LogP contribution < -0.4 is 21.8 Å². The summed E-state index contributed by atoms with van der Waals surface area (Å²) in [7, 11) is -9.70. The Morgan fingerprint density at radius 2 is 1.02 bits per heavy atom. The molecule has 0 radical (unpaired) electrons. The molecule has 0 amide bonds. The summed E-state index contributed by atoms with van der Waals surface area (Å²) in [4.78, 5) is 0. The van der Waals surface area contributed by atoms with Gasteiger partial charge in [0.15, 0.2) is 16.6 Å². The fourth-order valence-electron chi connectivity index (χ4n) is 8.84. The molecule has 286 valence electrons. The van der Waals surface area contributed by atoms with E-state index in [4.69, 9.17) is 24.7 Å². The first-order valence-corrected chi connectivity index (χ1v) is 31.0. The lowest BCUT2D eigenvalue weighted by atomic mass is 9.85. The monoisotopic (exact) mass is 759 g/mol. The molecule has 0 saturated carbocycles. The van der Waals surface area contributed by atoms with Crippen molar-refractivity contribution in [2.45, 2.75) is 173 Å². The van der Waals surface area contributed by atoms with E-state index in [1.165, 1.54) is 16.4 Å². The van der Waals surface area contributed by atoms with Crippen LogP contribution in [-0.4, -0.2) is 62.2 Å². The highest BCUT2D eigenvalue weighted by atomic mass is 28.4. The zero-order chi connectivity index (χ0) is 38.1. The normalized spacial score (nSPS) is 17.2. The molecule has 0 bridgehead atoms. The third-order valence-electron chi connectivity index (χ3n) is 13.4. The van der Waals surface area contributed by atoms with Gasteiger partial charge in [-0.25, -0.2) is 0 Å². The third kappa shape index (κ3) is 8.89. The average Bonchev–Trinajstić information content (AvgIpc) is 3.11. The maximum absolute atomic E-state index is 8.45. The number of hydrogen-bond donors (Lipinski definition) is 2. The van der Waals surface area contributed by atoms with Crippen LogP contribution in [0.4, 0.5) is 0 Å². The Bertz CT molecular complexity index is 1250. The van der Waals surface area contributed by atoms with Crippen LogP contribution in [-0.2, 0) is 13.3 Å². The van der Waals surface area contributed by atoms with Gasteiger partial charge in [-0.2, -0.15) is 0 Å². The van der Waals surface area contributed by atoms with Crippen molar-refractivity contribution in [3.63, 3.8) is 0 Å². The fourth-order valence-corrected chi connectivity index (χ4v) is 26.3. The highest BCUT2D eigenvalue weighted by Gasteiger charge is 2.66. The molecule has 3 atom stereocenters. The maximum Gasteiger partial charge on any atom is 0.286 e. The molecule has 2 aromatic rings. The highest BCUT2D eigenvalue weighted by molar-refractivity contribution is 7.00. The lowest BCUT2D eigenvalue weighted by Gasteiger charge is -2.61. The SMILES string of the molecule is CCC(C)(O[Si](c1ccccc1)(c1ccccc1)C(CC)(CC)O[Si](C)(C)CCCN)C(C)(CC)[Si](C)(C)OC(C)(CC)[Si](C)(C)CCCN. The lowest BCUT2D eigenvalue weighted by Crippen LogP contribution is -2.80. The first-order chi connectivity index (χ1) is 23.3. The van der Waals surface area contributed by atoms with Crippen molar-refractivity contribution >= 4 is 43.4 Å². The van der Waals surface area contributed by atoms with Crippen LogP contribution >= 0.6 is 0 Å². The van der Waals surface area contributed by atoms with Gasteiger partial charge in [0.05, 0.1) is 18.9 Å². The van der Waals surface area contributed by atoms with E-state index in [0.29, 0.717) is 6.54 Å². The molecule has 5 nitrogen and oxygen atoms in total. The van der Waals surface area contributed by atoms with Crippen LogP contribution in [0.5, 0.6) is 0 Å². The van der Waals surface area contributed by atoms with E-state index in [-0.39, 0.29) is 10.3 Å². The molecule has 0 aliphatic rings. The molecular weight excluding hydrogens is 681 g/mol. The summed E-state index contributed by atoms with van der Waals surface area (Å²) in [5.41, 5.74) is 11.6. The van der Waals surface area contributed by atoms with Crippen molar-refractivity contribution in [1.82, 2.24) is 0 Å². The largest absolute Gasteiger partial charge is 0.414 e. The van der Waals surface area contributed by atoms with E-state index in [1.54, 1.807) is 0 Å². The molecule has 0 fully saturated rings. The van der Waals surface area contributed by atoms with E-state index in [2.05, 4.69) is 155 Å². The number of hydrogen-bond acceptors (Lipinski definition) is 5. The van der Waals surface area contributed by atoms with Gasteiger partial charge in [0.25, 0.3) is 8.32 Å². The molecule has 2 rings (SSSR count). The van der Waals surface area contributed by atoms with Crippen molar-refractivity contribution < 1.29 is 13.3 Å². The molecule has 0 saturated heterocycles. The Labute approximate surface area is 313 Å². The van der Waals surface area contributed by atoms with Crippen LogP contribution in [0.2, 0.25) is 56.4 Å². The molecular formula is C41H78N2O3Si4. The minimum Gasteiger partial charge on any atom is -0.414 e. The standard InChI is InChI=1S/C41H78N2O3Si4/c1-15-38(6,39(7,16-2)49(13,14)45-40(8,17-3)47(9,10)34-26-32-42)44-50(36-28-22-20-23-29-36,37-30-24-21-25-31-37)41(18-4,19-5)46-48(11,12)35-27-33-43/h20-25,28-31H,15-19,26-27,32-35,42-43H2,1-14H3. The van der Waals surface area contributed by atoms with E-state index in [0.717, 1.165) is 57.5 Å².